The number of anilines is 2. The summed E-state index contributed by atoms with van der Waals surface area (Å²) in [6.07, 6.45) is 0.766. The quantitative estimate of drug-likeness (QED) is 0.413. The largest absolute Gasteiger partial charge is 0.506 e. The number of carbonyl (C=O) groups is 2. The van der Waals surface area contributed by atoms with E-state index in [1.54, 1.807) is 24.3 Å². The van der Waals surface area contributed by atoms with Crippen molar-refractivity contribution in [3.8, 4) is 11.5 Å². The first-order valence-corrected chi connectivity index (χ1v) is 12.3. The summed E-state index contributed by atoms with van der Waals surface area (Å²) in [7, 11) is 0. The smallest absolute Gasteiger partial charge is 0.224 e. The number of nitrogens with zero attached hydrogens (tertiary/aromatic N) is 1. The highest BCUT2D eigenvalue weighted by atomic mass is 19.1. The number of nitrogens with one attached hydrogen (secondary N) is 1. The van der Waals surface area contributed by atoms with E-state index in [2.05, 4.69) is 5.32 Å². The first kappa shape index (κ1) is 24.6. The van der Waals surface area contributed by atoms with Gasteiger partial charge in [0, 0.05) is 36.2 Å². The van der Waals surface area contributed by atoms with Crippen molar-refractivity contribution >= 4 is 23.1 Å². The normalized spacial score (nSPS) is 18.4. The maximum absolute atomic E-state index is 15.8. The summed E-state index contributed by atoms with van der Waals surface area (Å²) in [6.45, 7) is 5.63. The zero-order valence-corrected chi connectivity index (χ0v) is 21.0. The van der Waals surface area contributed by atoms with Crippen LogP contribution in [0.1, 0.15) is 50.8 Å². The van der Waals surface area contributed by atoms with Crippen molar-refractivity contribution in [3.63, 3.8) is 0 Å². The molecule has 0 aromatic heterocycles. The minimum absolute atomic E-state index is 0.0581. The van der Waals surface area contributed by atoms with E-state index in [-0.39, 0.29) is 41.4 Å². The van der Waals surface area contributed by atoms with Crippen LogP contribution in [0.3, 0.4) is 0 Å². The number of allylic oxidation sites excluding steroid dienone is 1. The van der Waals surface area contributed by atoms with Gasteiger partial charge < -0.3 is 15.2 Å². The van der Waals surface area contributed by atoms with E-state index in [9.17, 15) is 14.7 Å². The van der Waals surface area contributed by atoms with Crippen LogP contribution in [0.15, 0.2) is 78.0 Å². The molecule has 1 atom stereocenters. The zero-order valence-electron chi connectivity index (χ0n) is 21.0. The number of fused-ring (bicyclic) bond motifs is 1. The van der Waals surface area contributed by atoms with Gasteiger partial charge in [-0.2, -0.15) is 0 Å². The van der Waals surface area contributed by atoms with Crippen molar-refractivity contribution in [3.05, 3.63) is 94.9 Å². The van der Waals surface area contributed by atoms with Crippen LogP contribution in [0.5, 0.6) is 11.5 Å². The number of phenolic OH excluding ortho intramolecular Hbond substituents is 1. The summed E-state index contributed by atoms with van der Waals surface area (Å²) in [5.41, 5.74) is 2.41. The zero-order chi connectivity index (χ0) is 26.3. The van der Waals surface area contributed by atoms with Crippen LogP contribution in [-0.4, -0.2) is 16.8 Å². The molecule has 1 aliphatic heterocycles. The fourth-order valence-corrected chi connectivity index (χ4v) is 5.25. The van der Waals surface area contributed by atoms with Crippen molar-refractivity contribution in [2.75, 3.05) is 10.2 Å². The number of ether oxygens (including phenoxy) is 1. The highest BCUT2D eigenvalue weighted by Gasteiger charge is 2.43. The molecule has 0 bridgehead atoms. The SMILES string of the molecule is CC(=O)N1c2cccc(O)c2NC2=C(C(=O)CC(C)(C)C2)C1c1ccc(OCc2ccccc2)cc1F. The van der Waals surface area contributed by atoms with E-state index in [4.69, 9.17) is 4.74 Å². The molecule has 190 valence electrons. The number of carbonyl (C=O) groups excluding carboxylic acids is 2. The summed E-state index contributed by atoms with van der Waals surface area (Å²) in [6, 6.07) is 17.9. The van der Waals surface area contributed by atoms with Crippen molar-refractivity contribution in [2.24, 2.45) is 5.41 Å². The minimum atomic E-state index is -1.00. The number of phenols is 1. The second-order valence-corrected chi connectivity index (χ2v) is 10.4. The molecule has 0 radical (unpaired) electrons. The van der Waals surface area contributed by atoms with Crippen LogP contribution >= 0.6 is 0 Å². The topological polar surface area (TPSA) is 78.9 Å². The number of hydrogen-bond donors (Lipinski definition) is 2. The van der Waals surface area contributed by atoms with Crippen LogP contribution in [0, 0.1) is 11.2 Å². The third kappa shape index (κ3) is 4.69. The number of benzene rings is 3. The number of para-hydroxylation sites is 1. The number of hydrogen-bond acceptors (Lipinski definition) is 5. The molecule has 3 aromatic rings. The van der Waals surface area contributed by atoms with Crippen LogP contribution in [0.4, 0.5) is 15.8 Å². The van der Waals surface area contributed by atoms with E-state index in [0.717, 1.165) is 5.56 Å². The van der Waals surface area contributed by atoms with Crippen molar-refractivity contribution in [1.29, 1.82) is 0 Å². The lowest BCUT2D eigenvalue weighted by molar-refractivity contribution is -0.118. The summed E-state index contributed by atoms with van der Waals surface area (Å²) >= 11 is 0. The Morgan fingerprint density at radius 3 is 2.57 bits per heavy atom. The molecular weight excluding hydrogens is 471 g/mol. The minimum Gasteiger partial charge on any atom is -0.506 e. The second kappa shape index (κ2) is 9.39. The lowest BCUT2D eigenvalue weighted by atomic mass is 9.73. The van der Waals surface area contributed by atoms with Crippen LogP contribution in [0.25, 0.3) is 0 Å². The highest BCUT2D eigenvalue weighted by Crippen LogP contribution is 2.50. The Balaban J connectivity index is 1.63. The van der Waals surface area contributed by atoms with E-state index >= 15 is 4.39 Å². The Morgan fingerprint density at radius 2 is 1.86 bits per heavy atom. The van der Waals surface area contributed by atoms with Gasteiger partial charge in [-0.3, -0.25) is 14.5 Å². The van der Waals surface area contributed by atoms with Crippen molar-refractivity contribution in [1.82, 2.24) is 0 Å². The first-order chi connectivity index (χ1) is 17.6. The third-order valence-electron chi connectivity index (χ3n) is 6.86. The molecule has 1 aliphatic carbocycles. The highest BCUT2D eigenvalue weighted by molar-refractivity contribution is 6.06. The monoisotopic (exact) mass is 500 g/mol. The number of aromatic hydroxyl groups is 1. The number of amides is 1. The summed E-state index contributed by atoms with van der Waals surface area (Å²) in [5, 5.41) is 13.9. The van der Waals surface area contributed by atoms with Gasteiger partial charge in [-0.05, 0) is 41.7 Å². The molecule has 2 aliphatic rings. The Morgan fingerprint density at radius 1 is 1.11 bits per heavy atom. The summed E-state index contributed by atoms with van der Waals surface area (Å²) in [5.74, 6) is -0.846. The third-order valence-corrected chi connectivity index (χ3v) is 6.86. The average Bonchev–Trinajstić information content (AvgIpc) is 2.98. The molecule has 3 aromatic carbocycles. The molecular formula is C30H29FN2O4. The van der Waals surface area contributed by atoms with Gasteiger partial charge in [0.25, 0.3) is 0 Å². The first-order valence-electron chi connectivity index (χ1n) is 12.3. The van der Waals surface area contributed by atoms with E-state index in [1.165, 1.54) is 24.0 Å². The van der Waals surface area contributed by atoms with Crippen molar-refractivity contribution < 1.29 is 23.8 Å². The predicted molar refractivity (Wildman–Crippen MR) is 140 cm³/mol. The molecule has 6 nitrogen and oxygen atoms in total. The van der Waals surface area contributed by atoms with Gasteiger partial charge in [0.15, 0.2) is 5.78 Å². The lowest BCUT2D eigenvalue weighted by Gasteiger charge is -2.36. The molecule has 0 saturated carbocycles. The van der Waals surface area contributed by atoms with Gasteiger partial charge in [0.05, 0.1) is 11.7 Å². The molecule has 0 saturated heterocycles. The van der Waals surface area contributed by atoms with E-state index < -0.39 is 11.9 Å². The fourth-order valence-electron chi connectivity index (χ4n) is 5.25. The van der Waals surface area contributed by atoms with Gasteiger partial charge in [0.1, 0.15) is 29.6 Å². The number of Topliss-reactive ketones (excluding diaryl/α,β-unsaturated/α-hetero) is 1. The number of rotatable bonds is 4. The molecule has 1 amide bonds. The number of ketones is 1. The Labute approximate surface area is 215 Å². The Bertz CT molecular complexity index is 1410. The van der Waals surface area contributed by atoms with Gasteiger partial charge in [0.2, 0.25) is 5.91 Å². The van der Waals surface area contributed by atoms with Crippen LogP contribution in [-0.2, 0) is 16.2 Å². The maximum Gasteiger partial charge on any atom is 0.224 e. The van der Waals surface area contributed by atoms with E-state index in [1.807, 2.05) is 44.2 Å². The van der Waals surface area contributed by atoms with Crippen LogP contribution < -0.4 is 15.0 Å². The second-order valence-electron chi connectivity index (χ2n) is 10.4. The van der Waals surface area contributed by atoms with Crippen molar-refractivity contribution in [2.45, 2.75) is 46.3 Å². The number of halogens is 1. The molecule has 1 unspecified atom stereocenters. The van der Waals surface area contributed by atoms with E-state index in [0.29, 0.717) is 34.8 Å². The molecule has 7 heteroatoms. The molecule has 1 heterocycles. The lowest BCUT2D eigenvalue weighted by Crippen LogP contribution is -2.38. The Kier molecular flexibility index (Phi) is 6.23. The molecule has 37 heavy (non-hydrogen) atoms. The standard InChI is InChI=1S/C30H29FN2O4/c1-18(34)33-24-10-7-11-25(35)28(24)32-23-15-30(2,3)16-26(36)27(23)29(33)21-13-12-20(14-22(21)31)37-17-19-8-5-4-6-9-19/h4-14,29,32,35H,15-17H2,1-3H3. The molecule has 0 spiro atoms. The molecule has 2 N–H and O–H groups in total. The van der Waals surface area contributed by atoms with Crippen LogP contribution in [0.2, 0.25) is 0 Å². The average molecular weight is 501 g/mol. The van der Waals surface area contributed by atoms with Gasteiger partial charge in [-0.1, -0.05) is 50.2 Å². The predicted octanol–water partition coefficient (Wildman–Crippen LogP) is 6.27. The summed E-state index contributed by atoms with van der Waals surface area (Å²) in [4.78, 5) is 28.1. The molecule has 5 rings (SSSR count). The molecule has 0 fully saturated rings. The van der Waals surface area contributed by atoms with Gasteiger partial charge in [-0.15, -0.1) is 0 Å². The fraction of sp³-hybridized carbons (Fsp3) is 0.267. The van der Waals surface area contributed by atoms with Gasteiger partial charge in [-0.25, -0.2) is 4.39 Å². The summed E-state index contributed by atoms with van der Waals surface area (Å²) < 4.78 is 21.6. The Hall–Kier alpha value is -4.13. The maximum atomic E-state index is 15.8. The van der Waals surface area contributed by atoms with Gasteiger partial charge >= 0.3 is 0 Å².